The van der Waals surface area contributed by atoms with Crippen molar-refractivity contribution >= 4 is 5.91 Å². The Morgan fingerprint density at radius 3 is 2.61 bits per heavy atom. The Morgan fingerprint density at radius 1 is 1.26 bits per heavy atom. The van der Waals surface area contributed by atoms with Crippen LogP contribution in [0.3, 0.4) is 0 Å². The van der Waals surface area contributed by atoms with E-state index in [1.54, 1.807) is 18.7 Å². The molecule has 0 N–H and O–H groups in total. The van der Waals surface area contributed by atoms with Crippen molar-refractivity contribution in [2.75, 3.05) is 6.54 Å². The van der Waals surface area contributed by atoms with Crippen LogP contribution in [0.2, 0.25) is 0 Å². The Morgan fingerprint density at radius 2 is 1.96 bits per heavy atom. The van der Waals surface area contributed by atoms with Gasteiger partial charge in [0.15, 0.2) is 5.69 Å². The van der Waals surface area contributed by atoms with E-state index in [0.29, 0.717) is 12.5 Å². The number of carbonyl (C=O) groups excluding carboxylic acids is 1. The monoisotopic (exact) mass is 329 g/mol. The first-order valence-corrected chi connectivity index (χ1v) is 8.26. The second kappa shape index (κ2) is 5.83. The molecule has 1 aromatic heterocycles. The molecule has 0 spiro atoms. The predicted octanol–water partition coefficient (Wildman–Crippen LogP) is 3.89. The lowest BCUT2D eigenvalue weighted by atomic mass is 9.84. The maximum absolute atomic E-state index is 13.4. The molecule has 0 bridgehead atoms. The highest BCUT2D eigenvalue weighted by atomic mass is 19.4. The van der Waals surface area contributed by atoms with E-state index in [4.69, 9.17) is 0 Å². The Balaban J connectivity index is 1.88. The number of hydrogen-bond acceptors (Lipinski definition) is 2. The fourth-order valence-electron chi connectivity index (χ4n) is 3.82. The fourth-order valence-corrected chi connectivity index (χ4v) is 3.82. The van der Waals surface area contributed by atoms with E-state index < -0.39 is 23.8 Å². The maximum Gasteiger partial charge on any atom is 0.433 e. The van der Waals surface area contributed by atoms with Crippen molar-refractivity contribution in [2.45, 2.75) is 64.2 Å². The fraction of sp³-hybridized carbons (Fsp3) is 0.750. The van der Waals surface area contributed by atoms with E-state index in [0.717, 1.165) is 43.0 Å². The van der Waals surface area contributed by atoms with Crippen LogP contribution in [-0.2, 0) is 6.18 Å². The topological polar surface area (TPSA) is 38.1 Å². The third kappa shape index (κ3) is 2.85. The number of hydrogen-bond donors (Lipinski definition) is 0. The van der Waals surface area contributed by atoms with Gasteiger partial charge in [-0.1, -0.05) is 19.3 Å². The van der Waals surface area contributed by atoms with Gasteiger partial charge in [0.05, 0.1) is 11.8 Å². The molecule has 0 aromatic carbocycles. The second-order valence-electron chi connectivity index (χ2n) is 6.87. The number of likely N-dealkylation sites (tertiary alicyclic amines) is 1. The molecule has 2 aliphatic rings. The first-order chi connectivity index (χ1) is 10.8. The number of alkyl halides is 3. The van der Waals surface area contributed by atoms with Crippen molar-refractivity contribution < 1.29 is 18.0 Å². The molecule has 1 saturated heterocycles. The maximum atomic E-state index is 13.4. The molecule has 1 aliphatic heterocycles. The Kier molecular flexibility index (Phi) is 4.14. The summed E-state index contributed by atoms with van der Waals surface area (Å²) in [5.74, 6) is -0.0664. The summed E-state index contributed by atoms with van der Waals surface area (Å²) in [5, 5.41) is 3.82. The average Bonchev–Trinajstić information content (AvgIpc) is 2.81. The smallest absolute Gasteiger partial charge is 0.335 e. The van der Waals surface area contributed by atoms with E-state index in [1.807, 2.05) is 0 Å². The molecule has 1 amide bonds. The van der Waals surface area contributed by atoms with Gasteiger partial charge in [-0.05, 0) is 32.6 Å². The number of nitrogens with zero attached hydrogens (tertiary/aromatic N) is 3. The quantitative estimate of drug-likeness (QED) is 0.826. The van der Waals surface area contributed by atoms with Gasteiger partial charge in [-0.2, -0.15) is 18.3 Å². The van der Waals surface area contributed by atoms with E-state index >= 15 is 0 Å². The van der Waals surface area contributed by atoms with Crippen LogP contribution in [0.25, 0.3) is 0 Å². The normalized spacial score (nSPS) is 25.0. The zero-order chi connectivity index (χ0) is 16.8. The minimum absolute atomic E-state index is 0.105. The molecule has 7 heteroatoms. The number of rotatable bonds is 2. The minimum Gasteiger partial charge on any atom is -0.335 e. The third-order valence-corrected chi connectivity index (χ3v) is 4.99. The highest BCUT2D eigenvalue weighted by Gasteiger charge is 2.46. The summed E-state index contributed by atoms with van der Waals surface area (Å²) in [6.45, 7) is 3.83. The van der Waals surface area contributed by atoms with Crippen LogP contribution in [0.1, 0.15) is 68.0 Å². The largest absolute Gasteiger partial charge is 0.433 e. The van der Waals surface area contributed by atoms with Crippen molar-refractivity contribution in [3.05, 3.63) is 17.5 Å². The first-order valence-electron chi connectivity index (χ1n) is 8.26. The van der Waals surface area contributed by atoms with Crippen molar-refractivity contribution in [3.8, 4) is 0 Å². The predicted molar refractivity (Wildman–Crippen MR) is 79.0 cm³/mol. The minimum atomic E-state index is -4.58. The van der Waals surface area contributed by atoms with Crippen LogP contribution in [0, 0.1) is 5.92 Å². The molecule has 1 aliphatic carbocycles. The van der Waals surface area contributed by atoms with Crippen LogP contribution < -0.4 is 0 Å². The molecule has 0 unspecified atom stereocenters. The molecule has 4 nitrogen and oxygen atoms in total. The first kappa shape index (κ1) is 16.3. The average molecular weight is 329 g/mol. The molecule has 2 fully saturated rings. The van der Waals surface area contributed by atoms with Crippen LogP contribution >= 0.6 is 0 Å². The summed E-state index contributed by atoms with van der Waals surface area (Å²) in [5.41, 5.74) is -1.23. The highest BCUT2D eigenvalue weighted by Crippen LogP contribution is 2.39. The molecule has 3 rings (SSSR count). The molecular weight excluding hydrogens is 307 g/mol. The second-order valence-corrected chi connectivity index (χ2v) is 6.87. The Bertz CT molecular complexity index is 594. The molecular formula is C16H22F3N3O. The van der Waals surface area contributed by atoms with Crippen molar-refractivity contribution in [2.24, 2.45) is 5.92 Å². The highest BCUT2D eigenvalue weighted by molar-refractivity contribution is 5.96. The van der Waals surface area contributed by atoms with Gasteiger partial charge in [0, 0.05) is 18.6 Å². The zero-order valence-corrected chi connectivity index (χ0v) is 13.4. The molecule has 23 heavy (non-hydrogen) atoms. The third-order valence-electron chi connectivity index (χ3n) is 4.99. The lowest BCUT2D eigenvalue weighted by molar-refractivity contribution is -0.145. The van der Waals surface area contributed by atoms with Gasteiger partial charge < -0.3 is 4.90 Å². The number of fused-ring (bicyclic) bond motifs is 1. The number of carbonyl (C=O) groups is 1. The van der Waals surface area contributed by atoms with Gasteiger partial charge in [-0.3, -0.25) is 9.48 Å². The van der Waals surface area contributed by atoms with Gasteiger partial charge in [-0.25, -0.2) is 0 Å². The van der Waals surface area contributed by atoms with E-state index in [9.17, 15) is 18.0 Å². The van der Waals surface area contributed by atoms with Crippen molar-refractivity contribution in [1.29, 1.82) is 0 Å². The molecule has 2 atom stereocenters. The summed E-state index contributed by atoms with van der Waals surface area (Å²) < 4.78 is 41.1. The summed E-state index contributed by atoms with van der Waals surface area (Å²) in [7, 11) is 0. The number of halogens is 3. The van der Waals surface area contributed by atoms with Gasteiger partial charge >= 0.3 is 6.18 Å². The Hall–Kier alpha value is -1.53. The standard InChI is InChI=1S/C16H22F3N3O/c1-10(2)22-14(16(17,18)19)12(8-20-22)15(23)21-9-11-6-4-3-5-7-13(11)21/h8,10-11,13H,3-7,9H2,1-2H3/t11-,13-/m0/s1. The van der Waals surface area contributed by atoms with Gasteiger partial charge in [-0.15, -0.1) is 0 Å². The summed E-state index contributed by atoms with van der Waals surface area (Å²) in [6.07, 6.45) is 1.81. The molecule has 1 saturated carbocycles. The molecule has 128 valence electrons. The number of aromatic nitrogens is 2. The van der Waals surface area contributed by atoms with Crippen LogP contribution in [0.5, 0.6) is 0 Å². The van der Waals surface area contributed by atoms with Crippen molar-refractivity contribution in [3.63, 3.8) is 0 Å². The molecule has 1 aromatic rings. The lowest BCUT2D eigenvalue weighted by Crippen LogP contribution is -2.58. The SMILES string of the molecule is CC(C)n1ncc(C(=O)N2C[C@@H]3CCCCC[C@@H]32)c1C(F)(F)F. The van der Waals surface area contributed by atoms with Crippen LogP contribution in [0.4, 0.5) is 13.2 Å². The zero-order valence-electron chi connectivity index (χ0n) is 13.4. The summed E-state index contributed by atoms with van der Waals surface area (Å²) in [4.78, 5) is 14.3. The summed E-state index contributed by atoms with van der Waals surface area (Å²) in [6, 6.07) is -0.344. The van der Waals surface area contributed by atoms with Gasteiger partial charge in [0.2, 0.25) is 0 Å². The van der Waals surface area contributed by atoms with E-state index in [1.165, 1.54) is 0 Å². The summed E-state index contributed by atoms with van der Waals surface area (Å²) >= 11 is 0. The van der Waals surface area contributed by atoms with Crippen molar-refractivity contribution in [1.82, 2.24) is 14.7 Å². The van der Waals surface area contributed by atoms with E-state index in [2.05, 4.69) is 5.10 Å². The molecule has 0 radical (unpaired) electrons. The number of amides is 1. The van der Waals surface area contributed by atoms with Gasteiger partial charge in [0.1, 0.15) is 0 Å². The van der Waals surface area contributed by atoms with Gasteiger partial charge in [0.25, 0.3) is 5.91 Å². The lowest BCUT2D eigenvalue weighted by Gasteiger charge is -2.47. The van der Waals surface area contributed by atoms with E-state index in [-0.39, 0.29) is 11.6 Å². The molecule has 2 heterocycles. The Labute approximate surface area is 133 Å². The van der Waals surface area contributed by atoms with Crippen LogP contribution in [-0.4, -0.2) is 33.2 Å². The van der Waals surface area contributed by atoms with Crippen LogP contribution in [0.15, 0.2) is 6.20 Å².